The Morgan fingerprint density at radius 1 is 1.35 bits per heavy atom. The summed E-state index contributed by atoms with van der Waals surface area (Å²) in [6.45, 7) is 12.4. The molecule has 0 fully saturated rings. The van der Waals surface area contributed by atoms with Crippen molar-refractivity contribution in [2.75, 3.05) is 18.1 Å². The van der Waals surface area contributed by atoms with Crippen LogP contribution in [0.1, 0.15) is 51.2 Å². The molecular weight excluding hydrogens is 272 g/mol. The highest BCUT2D eigenvalue weighted by Gasteiger charge is 2.29. The smallest absolute Gasteiger partial charge is 0.267 e. The summed E-state index contributed by atoms with van der Waals surface area (Å²) in [5.41, 5.74) is 5.89. The van der Waals surface area contributed by atoms with Crippen LogP contribution in [0.4, 0.5) is 10.9 Å². The number of nitrogens with one attached hydrogen (secondary N) is 1. The summed E-state index contributed by atoms with van der Waals surface area (Å²) in [5.74, 6) is 0.232. The van der Waals surface area contributed by atoms with E-state index < -0.39 is 0 Å². The summed E-state index contributed by atoms with van der Waals surface area (Å²) >= 11 is 1.31. The molecule has 0 saturated heterocycles. The van der Waals surface area contributed by atoms with Crippen LogP contribution in [-0.4, -0.2) is 34.9 Å². The summed E-state index contributed by atoms with van der Waals surface area (Å²) in [6, 6.07) is 0.368. The van der Waals surface area contributed by atoms with Gasteiger partial charge in [0, 0.05) is 19.1 Å². The molecule has 1 unspecified atom stereocenters. The van der Waals surface area contributed by atoms with Gasteiger partial charge in [0.05, 0.1) is 0 Å². The van der Waals surface area contributed by atoms with E-state index in [1.807, 2.05) is 27.8 Å². The third kappa shape index (κ3) is 3.85. The summed E-state index contributed by atoms with van der Waals surface area (Å²) < 4.78 is 0. The van der Waals surface area contributed by atoms with Gasteiger partial charge in [0.25, 0.3) is 5.91 Å². The van der Waals surface area contributed by atoms with Crippen LogP contribution in [0.2, 0.25) is 0 Å². The lowest BCUT2D eigenvalue weighted by Gasteiger charge is -2.35. The van der Waals surface area contributed by atoms with Crippen molar-refractivity contribution in [3.05, 3.63) is 4.88 Å². The number of hydrogen-bond donors (Lipinski definition) is 2. The minimum atomic E-state index is -0.0702. The van der Waals surface area contributed by atoms with Crippen molar-refractivity contribution in [2.24, 2.45) is 5.41 Å². The van der Waals surface area contributed by atoms with Crippen LogP contribution in [0, 0.1) is 5.41 Å². The van der Waals surface area contributed by atoms with Gasteiger partial charge in [-0.3, -0.25) is 4.79 Å². The molecule has 0 aliphatic rings. The third-order valence-electron chi connectivity index (χ3n) is 3.41. The number of carbonyl (C=O) groups is 1. The summed E-state index contributed by atoms with van der Waals surface area (Å²) in [5, 5.41) is 3.87. The van der Waals surface area contributed by atoms with E-state index in [2.05, 4.69) is 31.1 Å². The van der Waals surface area contributed by atoms with E-state index in [1.165, 1.54) is 11.3 Å². The van der Waals surface area contributed by atoms with Crippen molar-refractivity contribution in [1.82, 2.24) is 9.88 Å². The molecular formula is C14H26N4OS. The third-order valence-corrected chi connectivity index (χ3v) is 4.40. The van der Waals surface area contributed by atoms with Gasteiger partial charge in [0.2, 0.25) is 0 Å². The molecule has 114 valence electrons. The van der Waals surface area contributed by atoms with Crippen LogP contribution in [0.5, 0.6) is 0 Å². The topological polar surface area (TPSA) is 71.2 Å². The zero-order valence-electron chi connectivity index (χ0n) is 13.4. The summed E-state index contributed by atoms with van der Waals surface area (Å²) in [4.78, 5) is 19.0. The van der Waals surface area contributed by atoms with Crippen LogP contribution in [0.15, 0.2) is 0 Å². The molecule has 0 saturated carbocycles. The predicted octanol–water partition coefficient (Wildman–Crippen LogP) is 3.05. The largest absolute Gasteiger partial charge is 0.382 e. The summed E-state index contributed by atoms with van der Waals surface area (Å²) in [6.07, 6.45) is 0. The molecule has 0 spiro atoms. The average Bonchev–Trinajstić information content (AvgIpc) is 2.65. The zero-order chi connectivity index (χ0) is 15.7. The molecule has 3 N–H and O–H groups in total. The van der Waals surface area contributed by atoms with Gasteiger partial charge in [0.15, 0.2) is 5.13 Å². The molecule has 1 heterocycles. The van der Waals surface area contributed by atoms with Gasteiger partial charge < -0.3 is 16.0 Å². The molecule has 5 nitrogen and oxygen atoms in total. The minimum Gasteiger partial charge on any atom is -0.382 e. The number of anilines is 2. The van der Waals surface area contributed by atoms with Crippen LogP contribution in [0.3, 0.4) is 0 Å². The predicted molar refractivity (Wildman–Crippen MR) is 86.3 cm³/mol. The van der Waals surface area contributed by atoms with Gasteiger partial charge in [-0.2, -0.15) is 0 Å². The number of nitrogen functional groups attached to an aromatic ring is 1. The highest BCUT2D eigenvalue weighted by molar-refractivity contribution is 7.18. The van der Waals surface area contributed by atoms with Gasteiger partial charge in [-0.05, 0) is 26.2 Å². The number of thiazole rings is 1. The number of carbonyl (C=O) groups excluding carboxylic acids is 1. The van der Waals surface area contributed by atoms with Gasteiger partial charge in [-0.25, -0.2) is 4.98 Å². The fourth-order valence-corrected chi connectivity index (χ4v) is 2.72. The minimum absolute atomic E-state index is 0.0167. The Kier molecular flexibility index (Phi) is 5.02. The van der Waals surface area contributed by atoms with Gasteiger partial charge in [-0.15, -0.1) is 0 Å². The van der Waals surface area contributed by atoms with E-state index in [0.29, 0.717) is 15.8 Å². The Hall–Kier alpha value is -1.30. The fourth-order valence-electron chi connectivity index (χ4n) is 1.71. The quantitative estimate of drug-likeness (QED) is 0.896. The second kappa shape index (κ2) is 5.99. The molecule has 1 amide bonds. The lowest BCUT2D eigenvalue weighted by Crippen LogP contribution is -2.42. The van der Waals surface area contributed by atoms with Crippen molar-refractivity contribution < 1.29 is 4.79 Å². The maximum Gasteiger partial charge on any atom is 0.267 e. The van der Waals surface area contributed by atoms with E-state index in [4.69, 9.17) is 5.73 Å². The van der Waals surface area contributed by atoms with E-state index in [-0.39, 0.29) is 23.4 Å². The van der Waals surface area contributed by atoms with Crippen molar-refractivity contribution in [2.45, 2.75) is 53.6 Å². The maximum absolute atomic E-state index is 12.5. The van der Waals surface area contributed by atoms with E-state index in [1.54, 1.807) is 4.90 Å². The Morgan fingerprint density at radius 2 is 1.90 bits per heavy atom. The van der Waals surface area contributed by atoms with E-state index in [9.17, 15) is 4.79 Å². The molecule has 0 aromatic carbocycles. The fraction of sp³-hybridized carbons (Fsp3) is 0.714. The number of amides is 1. The van der Waals surface area contributed by atoms with Crippen molar-refractivity contribution in [3.8, 4) is 0 Å². The molecule has 0 radical (unpaired) electrons. The van der Waals surface area contributed by atoms with Gasteiger partial charge in [0.1, 0.15) is 10.7 Å². The Labute approximate surface area is 125 Å². The number of nitrogens with two attached hydrogens (primary N) is 1. The molecule has 0 aliphatic carbocycles. The van der Waals surface area contributed by atoms with E-state index in [0.717, 1.165) is 0 Å². The molecule has 1 atom stereocenters. The molecule has 0 bridgehead atoms. The first-order valence-corrected chi connectivity index (χ1v) is 7.65. The van der Waals surface area contributed by atoms with Crippen LogP contribution in [0.25, 0.3) is 0 Å². The molecule has 0 aliphatic heterocycles. The number of rotatable bonds is 4. The molecule has 20 heavy (non-hydrogen) atoms. The normalized spacial score (nSPS) is 13.4. The first-order chi connectivity index (χ1) is 9.04. The zero-order valence-corrected chi connectivity index (χ0v) is 14.3. The van der Waals surface area contributed by atoms with Crippen molar-refractivity contribution in [1.29, 1.82) is 0 Å². The molecule has 1 rings (SSSR count). The molecule has 6 heteroatoms. The number of aromatic nitrogens is 1. The first-order valence-electron chi connectivity index (χ1n) is 6.84. The van der Waals surface area contributed by atoms with Gasteiger partial charge >= 0.3 is 0 Å². The first kappa shape index (κ1) is 16.8. The SMILES string of the molecule is CC(C)Nc1nc(N)c(C(=O)N(C)C(C)C(C)(C)C)s1. The number of hydrogen-bond acceptors (Lipinski definition) is 5. The van der Waals surface area contributed by atoms with Crippen molar-refractivity contribution >= 4 is 28.2 Å². The van der Waals surface area contributed by atoms with E-state index >= 15 is 0 Å². The van der Waals surface area contributed by atoms with Crippen molar-refractivity contribution in [3.63, 3.8) is 0 Å². The Bertz CT molecular complexity index is 476. The van der Waals surface area contributed by atoms with Crippen LogP contribution in [-0.2, 0) is 0 Å². The maximum atomic E-state index is 12.5. The summed E-state index contributed by atoms with van der Waals surface area (Å²) in [7, 11) is 1.81. The molecule has 1 aromatic rings. The monoisotopic (exact) mass is 298 g/mol. The van der Waals surface area contributed by atoms with Gasteiger partial charge in [-0.1, -0.05) is 32.1 Å². The standard InChI is InChI=1S/C14H26N4OS/c1-8(2)16-13-17-11(15)10(20-13)12(19)18(7)9(3)14(4,5)6/h8-9H,15H2,1-7H3,(H,16,17). The Balaban J connectivity index is 2.95. The number of nitrogens with zero attached hydrogens (tertiary/aromatic N) is 2. The lowest BCUT2D eigenvalue weighted by molar-refractivity contribution is 0.0635. The lowest BCUT2D eigenvalue weighted by atomic mass is 9.87. The highest BCUT2D eigenvalue weighted by atomic mass is 32.1. The van der Waals surface area contributed by atoms with Crippen LogP contribution < -0.4 is 11.1 Å². The van der Waals surface area contributed by atoms with Crippen LogP contribution >= 0.6 is 11.3 Å². The second-order valence-corrected chi connectivity index (χ2v) is 7.49. The average molecular weight is 298 g/mol. The molecule has 1 aromatic heterocycles. The highest BCUT2D eigenvalue weighted by Crippen LogP contribution is 2.29. The Morgan fingerprint density at radius 3 is 2.35 bits per heavy atom. The second-order valence-electron chi connectivity index (χ2n) is 6.49.